The Morgan fingerprint density at radius 1 is 1.33 bits per heavy atom. The van der Waals surface area contributed by atoms with Crippen LogP contribution in [0.15, 0.2) is 45.8 Å². The highest BCUT2D eigenvalue weighted by Crippen LogP contribution is 2.34. The van der Waals surface area contributed by atoms with E-state index in [-0.39, 0.29) is 17.3 Å². The van der Waals surface area contributed by atoms with E-state index in [1.807, 2.05) is 0 Å². The third-order valence-corrected chi connectivity index (χ3v) is 3.99. The van der Waals surface area contributed by atoms with Gasteiger partial charge in [0.05, 0.1) is 29.5 Å². The number of hydrogen-bond donors (Lipinski definition) is 1. The number of nitrogens with zero attached hydrogens (tertiary/aromatic N) is 3. The van der Waals surface area contributed by atoms with Crippen molar-refractivity contribution in [3.63, 3.8) is 0 Å². The van der Waals surface area contributed by atoms with Gasteiger partial charge in [0.1, 0.15) is 5.75 Å². The van der Waals surface area contributed by atoms with Crippen LogP contribution in [0.5, 0.6) is 11.7 Å². The maximum Gasteiger partial charge on any atom is 0.312 e. The van der Waals surface area contributed by atoms with Crippen molar-refractivity contribution in [1.29, 1.82) is 0 Å². The summed E-state index contributed by atoms with van der Waals surface area (Å²) >= 11 is 6.00. The number of halogens is 1. The molecule has 0 spiro atoms. The number of non-ortho nitro benzene ring substituents is 1. The number of aromatic nitrogens is 1. The van der Waals surface area contributed by atoms with Gasteiger partial charge in [-0.25, -0.2) is 4.98 Å². The zero-order valence-corrected chi connectivity index (χ0v) is 15.1. The fourth-order valence-electron chi connectivity index (χ4n) is 2.35. The van der Waals surface area contributed by atoms with Gasteiger partial charge in [0, 0.05) is 17.2 Å². The minimum atomic E-state index is -0.504. The molecular formula is C18H14ClN3O5. The Morgan fingerprint density at radius 3 is 2.81 bits per heavy atom. The van der Waals surface area contributed by atoms with Gasteiger partial charge in [0.25, 0.3) is 5.69 Å². The standard InChI is InChI=1S/C18H14ClN3O5/c1-10-3-5-12(22(24)25)8-14(10)20-9-15-18(23)27-17(21-15)13-7-11(19)4-6-16(13)26-2/h3-9,23H,1-2H3. The molecule has 9 heteroatoms. The van der Waals surface area contributed by atoms with Crippen molar-refractivity contribution in [2.75, 3.05) is 7.11 Å². The minimum absolute atomic E-state index is 0.0675. The van der Waals surface area contributed by atoms with Crippen molar-refractivity contribution in [2.24, 2.45) is 4.99 Å². The summed E-state index contributed by atoms with van der Waals surface area (Å²) in [6.45, 7) is 1.77. The Bertz CT molecular complexity index is 1050. The smallest absolute Gasteiger partial charge is 0.312 e. The number of nitro benzene ring substituents is 1. The van der Waals surface area contributed by atoms with Crippen LogP contribution in [0.4, 0.5) is 11.4 Å². The van der Waals surface area contributed by atoms with Crippen molar-refractivity contribution in [3.8, 4) is 23.1 Å². The molecule has 1 aromatic heterocycles. The largest absolute Gasteiger partial charge is 0.496 e. The number of hydrogen-bond acceptors (Lipinski definition) is 7. The number of rotatable bonds is 5. The summed E-state index contributed by atoms with van der Waals surface area (Å²) in [5, 5.41) is 21.4. The zero-order valence-electron chi connectivity index (χ0n) is 14.3. The summed E-state index contributed by atoms with van der Waals surface area (Å²) in [7, 11) is 1.49. The molecule has 1 N–H and O–H groups in total. The second kappa shape index (κ2) is 7.46. The lowest BCUT2D eigenvalue weighted by Crippen LogP contribution is -1.89. The van der Waals surface area contributed by atoms with E-state index in [1.165, 1.54) is 25.5 Å². The van der Waals surface area contributed by atoms with Gasteiger partial charge in [-0.2, -0.15) is 0 Å². The SMILES string of the molecule is COc1ccc(Cl)cc1-c1nc(C=Nc2cc([N+](=O)[O-])ccc2C)c(O)o1. The molecule has 3 rings (SSSR count). The Kier molecular flexibility index (Phi) is 5.09. The molecule has 0 saturated heterocycles. The number of ether oxygens (including phenoxy) is 1. The molecule has 0 fully saturated rings. The topological polar surface area (TPSA) is 111 Å². The molecule has 8 nitrogen and oxygen atoms in total. The molecule has 2 aromatic carbocycles. The highest BCUT2D eigenvalue weighted by Gasteiger charge is 2.17. The molecule has 0 radical (unpaired) electrons. The molecule has 1 heterocycles. The Labute approximate surface area is 158 Å². The van der Waals surface area contributed by atoms with Crippen molar-refractivity contribution in [3.05, 3.63) is 62.8 Å². The predicted molar refractivity (Wildman–Crippen MR) is 100 cm³/mol. The first-order valence-electron chi connectivity index (χ1n) is 7.72. The van der Waals surface area contributed by atoms with Crippen LogP contribution >= 0.6 is 11.6 Å². The van der Waals surface area contributed by atoms with Gasteiger partial charge in [0.15, 0.2) is 5.69 Å². The molecule has 0 aliphatic rings. The van der Waals surface area contributed by atoms with Crippen LogP contribution in [0.3, 0.4) is 0 Å². The Morgan fingerprint density at radius 2 is 2.11 bits per heavy atom. The number of aliphatic imine (C=N–C) groups is 1. The summed E-state index contributed by atoms with van der Waals surface area (Å²) in [6, 6.07) is 9.22. The average Bonchev–Trinajstić information content (AvgIpc) is 3.01. The van der Waals surface area contributed by atoms with Crippen LogP contribution < -0.4 is 4.74 Å². The number of aromatic hydroxyl groups is 1. The summed E-state index contributed by atoms with van der Waals surface area (Å²) in [6.07, 6.45) is 1.27. The number of nitro groups is 1. The van der Waals surface area contributed by atoms with E-state index < -0.39 is 10.9 Å². The van der Waals surface area contributed by atoms with E-state index in [1.54, 1.807) is 31.2 Å². The van der Waals surface area contributed by atoms with Crippen molar-refractivity contribution < 1.29 is 19.2 Å². The first-order chi connectivity index (χ1) is 12.9. The monoisotopic (exact) mass is 387 g/mol. The lowest BCUT2D eigenvalue weighted by Gasteiger charge is -2.04. The van der Waals surface area contributed by atoms with E-state index in [2.05, 4.69) is 9.98 Å². The summed E-state index contributed by atoms with van der Waals surface area (Å²) in [5.41, 5.74) is 1.57. The summed E-state index contributed by atoms with van der Waals surface area (Å²) in [5.74, 6) is 0.126. The van der Waals surface area contributed by atoms with Gasteiger partial charge in [-0.1, -0.05) is 17.7 Å². The fraction of sp³-hybridized carbons (Fsp3) is 0.111. The van der Waals surface area contributed by atoms with Gasteiger partial charge < -0.3 is 14.3 Å². The molecule has 0 aliphatic carbocycles. The lowest BCUT2D eigenvalue weighted by molar-refractivity contribution is -0.384. The second-order valence-electron chi connectivity index (χ2n) is 5.54. The van der Waals surface area contributed by atoms with Crippen molar-refractivity contribution in [2.45, 2.75) is 6.92 Å². The number of aryl methyl sites for hydroxylation is 1. The maximum absolute atomic E-state index is 10.9. The lowest BCUT2D eigenvalue weighted by atomic mass is 10.2. The van der Waals surface area contributed by atoms with E-state index in [9.17, 15) is 15.2 Å². The quantitative estimate of drug-likeness (QED) is 0.386. The van der Waals surface area contributed by atoms with Crippen molar-refractivity contribution >= 4 is 29.2 Å². The number of oxazole rings is 1. The Balaban J connectivity index is 1.97. The van der Waals surface area contributed by atoms with Gasteiger partial charge in [0.2, 0.25) is 5.89 Å². The summed E-state index contributed by atoms with van der Waals surface area (Å²) in [4.78, 5) is 18.8. The Hall–Kier alpha value is -3.39. The van der Waals surface area contributed by atoms with Gasteiger partial charge in [-0.3, -0.25) is 15.1 Å². The normalized spacial score (nSPS) is 11.1. The van der Waals surface area contributed by atoms with Crippen LogP contribution in [0, 0.1) is 17.0 Å². The molecule has 138 valence electrons. The molecule has 0 aliphatic heterocycles. The van der Waals surface area contributed by atoms with Crippen LogP contribution in [-0.4, -0.2) is 28.3 Å². The van der Waals surface area contributed by atoms with E-state index >= 15 is 0 Å². The summed E-state index contributed by atoms with van der Waals surface area (Å²) < 4.78 is 10.5. The second-order valence-corrected chi connectivity index (χ2v) is 5.98. The van der Waals surface area contributed by atoms with Gasteiger partial charge in [-0.15, -0.1) is 0 Å². The minimum Gasteiger partial charge on any atom is -0.496 e. The van der Waals surface area contributed by atoms with Crippen LogP contribution in [0.25, 0.3) is 11.5 Å². The van der Waals surface area contributed by atoms with Crippen LogP contribution in [0.1, 0.15) is 11.3 Å². The molecule has 3 aromatic rings. The third kappa shape index (κ3) is 3.90. The average molecular weight is 388 g/mol. The predicted octanol–water partition coefficient (Wildman–Crippen LogP) is 4.68. The zero-order chi connectivity index (χ0) is 19.6. The molecular weight excluding hydrogens is 374 g/mol. The molecule has 0 unspecified atom stereocenters. The molecule has 27 heavy (non-hydrogen) atoms. The molecule has 0 atom stereocenters. The maximum atomic E-state index is 10.9. The first kappa shape index (κ1) is 18.4. The molecule has 0 amide bonds. The van der Waals surface area contributed by atoms with E-state index in [4.69, 9.17) is 20.8 Å². The third-order valence-electron chi connectivity index (χ3n) is 3.76. The molecule has 0 bridgehead atoms. The molecule has 0 saturated carbocycles. The number of benzene rings is 2. The van der Waals surface area contributed by atoms with Crippen LogP contribution in [0.2, 0.25) is 5.02 Å². The van der Waals surface area contributed by atoms with Gasteiger partial charge >= 0.3 is 5.95 Å². The van der Waals surface area contributed by atoms with E-state index in [0.29, 0.717) is 22.0 Å². The first-order valence-corrected chi connectivity index (χ1v) is 8.09. The van der Waals surface area contributed by atoms with Gasteiger partial charge in [-0.05, 0) is 30.7 Å². The fourth-order valence-corrected chi connectivity index (χ4v) is 2.52. The van der Waals surface area contributed by atoms with Crippen LogP contribution in [-0.2, 0) is 0 Å². The highest BCUT2D eigenvalue weighted by molar-refractivity contribution is 6.30. The number of methoxy groups -OCH3 is 1. The highest BCUT2D eigenvalue weighted by atomic mass is 35.5. The van der Waals surface area contributed by atoms with Crippen molar-refractivity contribution in [1.82, 2.24) is 4.98 Å². The van der Waals surface area contributed by atoms with E-state index in [0.717, 1.165) is 5.56 Å².